The third-order valence-corrected chi connectivity index (χ3v) is 6.99. The molecular formula is C18H27NO4. The van der Waals surface area contributed by atoms with E-state index in [9.17, 15) is 14.7 Å². The van der Waals surface area contributed by atoms with E-state index in [2.05, 4.69) is 4.90 Å². The van der Waals surface area contributed by atoms with Crippen molar-refractivity contribution >= 4 is 11.8 Å². The molecule has 4 rings (SSSR count). The fourth-order valence-electron chi connectivity index (χ4n) is 6.46. The quantitative estimate of drug-likeness (QED) is 0.742. The Kier molecular flexibility index (Phi) is 3.40. The van der Waals surface area contributed by atoms with Crippen molar-refractivity contribution in [3.05, 3.63) is 0 Å². The van der Waals surface area contributed by atoms with E-state index in [0.29, 0.717) is 18.8 Å². The van der Waals surface area contributed by atoms with Crippen molar-refractivity contribution in [2.75, 3.05) is 13.1 Å². The van der Waals surface area contributed by atoms with Crippen molar-refractivity contribution in [3.8, 4) is 0 Å². The monoisotopic (exact) mass is 321 g/mol. The third kappa shape index (κ3) is 2.05. The molecule has 6 atom stereocenters. The van der Waals surface area contributed by atoms with E-state index >= 15 is 0 Å². The van der Waals surface area contributed by atoms with Gasteiger partial charge in [0.05, 0.1) is 0 Å². The Morgan fingerprint density at radius 1 is 1.26 bits per heavy atom. The topological polar surface area (TPSA) is 66.8 Å². The van der Waals surface area contributed by atoms with Gasteiger partial charge in [-0.1, -0.05) is 0 Å². The van der Waals surface area contributed by atoms with Crippen LogP contribution >= 0.6 is 0 Å². The van der Waals surface area contributed by atoms with E-state index in [1.807, 2.05) is 0 Å². The van der Waals surface area contributed by atoms with Crippen molar-refractivity contribution in [3.63, 3.8) is 0 Å². The highest BCUT2D eigenvalue weighted by atomic mass is 16.5. The Morgan fingerprint density at radius 3 is 2.57 bits per heavy atom. The number of carbonyl (C=O) groups excluding carboxylic acids is 2. The van der Waals surface area contributed by atoms with Crippen LogP contribution in [0.25, 0.3) is 0 Å². The number of hydrogen-bond acceptors (Lipinski definition) is 5. The Hall–Kier alpha value is -0.940. The maximum absolute atomic E-state index is 12.9. The first kappa shape index (κ1) is 15.6. The summed E-state index contributed by atoms with van der Waals surface area (Å²) in [5, 5.41) is 10.8. The summed E-state index contributed by atoms with van der Waals surface area (Å²) >= 11 is 0. The van der Waals surface area contributed by atoms with Crippen LogP contribution in [-0.2, 0) is 14.3 Å². The highest BCUT2D eigenvalue weighted by Crippen LogP contribution is 2.60. The molecule has 1 spiro atoms. The summed E-state index contributed by atoms with van der Waals surface area (Å²) in [6.07, 6.45) is 5.26. The first-order valence-electron chi connectivity index (χ1n) is 9.05. The number of piperidine rings is 2. The van der Waals surface area contributed by atoms with E-state index in [1.54, 1.807) is 6.92 Å². The molecule has 2 saturated heterocycles. The molecule has 0 amide bonds. The zero-order chi connectivity index (χ0) is 16.4. The van der Waals surface area contributed by atoms with Crippen LogP contribution in [0, 0.1) is 17.8 Å². The lowest BCUT2D eigenvalue weighted by Crippen LogP contribution is -2.76. The van der Waals surface area contributed by atoms with Crippen LogP contribution in [0.1, 0.15) is 52.4 Å². The average molecular weight is 321 g/mol. The van der Waals surface area contributed by atoms with Crippen LogP contribution in [0.4, 0.5) is 0 Å². The Balaban J connectivity index is 1.81. The molecule has 23 heavy (non-hydrogen) atoms. The van der Waals surface area contributed by atoms with Gasteiger partial charge in [-0.25, -0.2) is 0 Å². The first-order valence-corrected chi connectivity index (χ1v) is 9.05. The second-order valence-corrected chi connectivity index (χ2v) is 8.28. The zero-order valence-electron chi connectivity index (χ0n) is 14.1. The average Bonchev–Trinajstić information content (AvgIpc) is 2.47. The molecule has 2 heterocycles. The van der Waals surface area contributed by atoms with Crippen molar-refractivity contribution in [2.24, 2.45) is 17.8 Å². The Bertz CT molecular complexity index is 543. The van der Waals surface area contributed by atoms with Gasteiger partial charge in [0.15, 0.2) is 5.78 Å². The Labute approximate surface area is 137 Å². The predicted molar refractivity (Wildman–Crippen MR) is 83.7 cm³/mol. The van der Waals surface area contributed by atoms with E-state index in [1.165, 1.54) is 6.92 Å². The third-order valence-electron chi connectivity index (χ3n) is 6.99. The smallest absolute Gasteiger partial charge is 0.302 e. The molecule has 1 N–H and O–H groups in total. The van der Waals surface area contributed by atoms with Crippen molar-refractivity contribution in [1.82, 2.24) is 4.90 Å². The largest absolute Gasteiger partial charge is 0.462 e. The van der Waals surface area contributed by atoms with Crippen molar-refractivity contribution in [2.45, 2.75) is 69.6 Å². The van der Waals surface area contributed by atoms with Gasteiger partial charge in [0.2, 0.25) is 0 Å². The molecule has 2 aliphatic heterocycles. The van der Waals surface area contributed by atoms with Crippen LogP contribution in [-0.4, -0.2) is 52.1 Å². The minimum Gasteiger partial charge on any atom is -0.462 e. The van der Waals surface area contributed by atoms with Gasteiger partial charge in [0.1, 0.15) is 11.7 Å². The molecule has 2 bridgehead atoms. The number of rotatable bonds is 1. The first-order chi connectivity index (χ1) is 10.9. The number of esters is 1. The number of ether oxygens (including phenoxy) is 1. The molecule has 2 saturated carbocycles. The molecule has 0 aromatic heterocycles. The lowest BCUT2D eigenvalue weighted by atomic mass is 9.47. The van der Waals surface area contributed by atoms with Crippen LogP contribution in [0.15, 0.2) is 0 Å². The van der Waals surface area contributed by atoms with Gasteiger partial charge in [-0.05, 0) is 58.0 Å². The molecule has 6 unspecified atom stereocenters. The summed E-state index contributed by atoms with van der Waals surface area (Å²) < 4.78 is 5.67. The second kappa shape index (κ2) is 5.03. The summed E-state index contributed by atoms with van der Waals surface area (Å²) in [4.78, 5) is 27.0. The maximum Gasteiger partial charge on any atom is 0.302 e. The minimum atomic E-state index is -1.24. The molecule has 5 heteroatoms. The van der Waals surface area contributed by atoms with Gasteiger partial charge in [0.25, 0.3) is 0 Å². The molecule has 128 valence electrons. The lowest BCUT2D eigenvalue weighted by molar-refractivity contribution is -0.223. The number of Topliss-reactive ketones (excluding diaryl/α,β-unsaturated/α-hetero) is 1. The lowest BCUT2D eigenvalue weighted by Gasteiger charge is -2.68. The fraction of sp³-hybridized carbons (Fsp3) is 0.889. The summed E-state index contributed by atoms with van der Waals surface area (Å²) in [6, 6.07) is 0. The molecule has 2 aliphatic carbocycles. The molecule has 0 aromatic carbocycles. The number of hydrogen-bond donors (Lipinski definition) is 1. The zero-order valence-corrected chi connectivity index (χ0v) is 14.1. The summed E-state index contributed by atoms with van der Waals surface area (Å²) in [5.41, 5.74) is -1.40. The van der Waals surface area contributed by atoms with Crippen LogP contribution in [0.5, 0.6) is 0 Å². The minimum absolute atomic E-state index is 0.0313. The molecule has 4 fully saturated rings. The van der Waals surface area contributed by atoms with Gasteiger partial charge in [-0.2, -0.15) is 0 Å². The summed E-state index contributed by atoms with van der Waals surface area (Å²) in [5.74, 6) is 0.119. The molecule has 0 radical (unpaired) electrons. The number of carbonyl (C=O) groups is 2. The van der Waals surface area contributed by atoms with Crippen molar-refractivity contribution < 1.29 is 19.4 Å². The molecule has 0 aromatic rings. The van der Waals surface area contributed by atoms with Gasteiger partial charge < -0.3 is 9.84 Å². The van der Waals surface area contributed by atoms with E-state index in [0.717, 1.165) is 38.8 Å². The van der Waals surface area contributed by atoms with Crippen LogP contribution in [0.2, 0.25) is 0 Å². The van der Waals surface area contributed by atoms with Gasteiger partial charge >= 0.3 is 5.97 Å². The fourth-order valence-corrected chi connectivity index (χ4v) is 6.46. The van der Waals surface area contributed by atoms with Crippen LogP contribution in [0.3, 0.4) is 0 Å². The highest BCUT2D eigenvalue weighted by Gasteiger charge is 2.68. The summed E-state index contributed by atoms with van der Waals surface area (Å²) in [7, 11) is 0. The summed E-state index contributed by atoms with van der Waals surface area (Å²) in [6.45, 7) is 5.23. The van der Waals surface area contributed by atoms with Gasteiger partial charge in [-0.3, -0.25) is 14.5 Å². The second-order valence-electron chi connectivity index (χ2n) is 8.28. The van der Waals surface area contributed by atoms with Crippen LogP contribution < -0.4 is 0 Å². The van der Waals surface area contributed by atoms with Gasteiger partial charge in [0, 0.05) is 30.7 Å². The molecule has 4 aliphatic rings. The maximum atomic E-state index is 12.9. The molecule has 5 nitrogen and oxygen atoms in total. The van der Waals surface area contributed by atoms with E-state index in [-0.39, 0.29) is 35.2 Å². The predicted octanol–water partition coefficient (Wildman–Crippen LogP) is 1.52. The normalized spacial score (nSPS) is 49.4. The number of aliphatic hydroxyl groups is 1. The number of ketones is 1. The number of nitrogens with zero attached hydrogens (tertiary/aromatic N) is 1. The SMILES string of the molecule is CC(=O)OC1CC2C(=O)C(C)(O)CC34C1CCCN3CCCC24. The van der Waals surface area contributed by atoms with Crippen molar-refractivity contribution in [1.29, 1.82) is 0 Å². The van der Waals surface area contributed by atoms with E-state index in [4.69, 9.17) is 4.74 Å². The van der Waals surface area contributed by atoms with Gasteiger partial charge in [-0.15, -0.1) is 0 Å². The molecular weight excluding hydrogens is 294 g/mol. The van der Waals surface area contributed by atoms with E-state index < -0.39 is 5.60 Å². The Morgan fingerprint density at radius 2 is 1.91 bits per heavy atom. The highest BCUT2D eigenvalue weighted by molar-refractivity contribution is 5.91. The standard InChI is InChI=1S/C18H27NO4/c1-11(20)23-15-9-12-13-5-3-7-19-8-4-6-14(15)18(13,19)10-17(2,22)16(12)21/h12-15,22H,3-10H2,1-2H3.